The first kappa shape index (κ1) is 17.2. The first-order valence-corrected chi connectivity index (χ1v) is 9.69. The minimum Gasteiger partial charge on any atom is -0.487 e. The number of aliphatic hydroxyl groups excluding tert-OH is 1. The van der Waals surface area contributed by atoms with Crippen molar-refractivity contribution < 1.29 is 9.84 Å². The normalized spacial score (nSPS) is 18.7. The molecule has 1 aromatic heterocycles. The number of aryl methyl sites for hydroxylation is 1. The van der Waals surface area contributed by atoms with Gasteiger partial charge in [0.2, 0.25) is 0 Å². The second kappa shape index (κ2) is 7.58. The van der Waals surface area contributed by atoms with Crippen LogP contribution in [0, 0.1) is 6.92 Å². The van der Waals surface area contributed by atoms with Crippen molar-refractivity contribution in [3.63, 3.8) is 0 Å². The van der Waals surface area contributed by atoms with Crippen molar-refractivity contribution in [1.82, 2.24) is 10.3 Å². The van der Waals surface area contributed by atoms with E-state index in [1.54, 1.807) is 11.3 Å². The molecular formula is C21H22N2O2S. The van der Waals surface area contributed by atoms with Gasteiger partial charge in [0, 0.05) is 18.3 Å². The highest BCUT2D eigenvalue weighted by Crippen LogP contribution is 2.31. The zero-order chi connectivity index (χ0) is 17.9. The van der Waals surface area contributed by atoms with E-state index in [0.717, 1.165) is 22.9 Å². The Balaban J connectivity index is 1.33. The van der Waals surface area contributed by atoms with Crippen LogP contribution in [0.1, 0.15) is 33.4 Å². The molecule has 0 fully saturated rings. The third-order valence-electron chi connectivity index (χ3n) is 4.71. The first-order chi connectivity index (χ1) is 12.7. The van der Waals surface area contributed by atoms with Gasteiger partial charge in [-0.25, -0.2) is 4.98 Å². The average Bonchev–Trinajstić information content (AvgIpc) is 3.21. The molecule has 1 aliphatic rings. The number of thiazole rings is 1. The van der Waals surface area contributed by atoms with Crippen LogP contribution in [0.5, 0.6) is 5.75 Å². The number of benzene rings is 2. The lowest BCUT2D eigenvalue weighted by atomic mass is 10.1. The van der Waals surface area contributed by atoms with Crippen LogP contribution in [0.15, 0.2) is 53.9 Å². The summed E-state index contributed by atoms with van der Waals surface area (Å²) in [7, 11) is 0. The van der Waals surface area contributed by atoms with Crippen LogP contribution in [0.3, 0.4) is 0 Å². The second-order valence-electron chi connectivity index (χ2n) is 6.62. The van der Waals surface area contributed by atoms with Gasteiger partial charge in [-0.2, -0.15) is 0 Å². The number of aliphatic hydroxyl groups is 1. The van der Waals surface area contributed by atoms with Crippen LogP contribution >= 0.6 is 11.3 Å². The Kier molecular flexibility index (Phi) is 5.02. The monoisotopic (exact) mass is 366 g/mol. The van der Waals surface area contributed by atoms with Gasteiger partial charge in [0.05, 0.1) is 22.8 Å². The number of hydrogen-bond donors (Lipinski definition) is 2. The lowest BCUT2D eigenvalue weighted by Gasteiger charge is -2.18. The predicted octanol–water partition coefficient (Wildman–Crippen LogP) is 3.78. The standard InChI is InChI=1S/C21H22N2O2S/c1-14-23-17(13-26-14)12-25-18-8-6-15(7-9-18)11-22-21-19-5-3-2-4-16(19)10-20(21)24/h2-9,13,20-22,24H,10-12H2,1H3/t20-,21+/m0/s1. The SMILES string of the molecule is Cc1nc(COc2ccc(CN[C@@H]3c4ccccc4C[C@@H]3O)cc2)cs1. The van der Waals surface area contributed by atoms with Crippen molar-refractivity contribution in [2.75, 3.05) is 0 Å². The van der Waals surface area contributed by atoms with Crippen molar-refractivity contribution in [3.05, 3.63) is 81.3 Å². The summed E-state index contributed by atoms with van der Waals surface area (Å²) in [4.78, 5) is 4.40. The molecule has 2 N–H and O–H groups in total. The summed E-state index contributed by atoms with van der Waals surface area (Å²) in [6, 6.07) is 16.3. The highest BCUT2D eigenvalue weighted by Gasteiger charge is 2.29. The third-order valence-corrected chi connectivity index (χ3v) is 5.53. The summed E-state index contributed by atoms with van der Waals surface area (Å²) >= 11 is 1.64. The van der Waals surface area contributed by atoms with E-state index in [1.165, 1.54) is 16.7 Å². The van der Waals surface area contributed by atoms with Gasteiger partial charge in [-0.3, -0.25) is 0 Å². The van der Waals surface area contributed by atoms with Gasteiger partial charge in [0.25, 0.3) is 0 Å². The van der Waals surface area contributed by atoms with Gasteiger partial charge < -0.3 is 15.2 Å². The lowest BCUT2D eigenvalue weighted by molar-refractivity contribution is 0.140. The summed E-state index contributed by atoms with van der Waals surface area (Å²) in [6.45, 7) is 3.20. The molecule has 0 aliphatic heterocycles. The van der Waals surface area contributed by atoms with E-state index in [9.17, 15) is 5.11 Å². The summed E-state index contributed by atoms with van der Waals surface area (Å²) < 4.78 is 5.79. The van der Waals surface area contributed by atoms with E-state index in [-0.39, 0.29) is 12.1 Å². The van der Waals surface area contributed by atoms with Gasteiger partial charge in [-0.1, -0.05) is 36.4 Å². The maximum absolute atomic E-state index is 10.3. The van der Waals surface area contributed by atoms with Crippen molar-refractivity contribution >= 4 is 11.3 Å². The Labute approximate surface area is 157 Å². The van der Waals surface area contributed by atoms with Crippen molar-refractivity contribution in [2.24, 2.45) is 0 Å². The number of nitrogens with zero attached hydrogens (tertiary/aromatic N) is 1. The molecule has 0 saturated carbocycles. The largest absolute Gasteiger partial charge is 0.487 e. The van der Waals surface area contributed by atoms with Crippen LogP contribution in [-0.4, -0.2) is 16.2 Å². The summed E-state index contributed by atoms with van der Waals surface area (Å²) in [5.74, 6) is 0.839. The third kappa shape index (κ3) is 3.80. The van der Waals surface area contributed by atoms with Crippen molar-refractivity contribution in [2.45, 2.75) is 38.6 Å². The van der Waals surface area contributed by atoms with Crippen LogP contribution in [0.25, 0.3) is 0 Å². The van der Waals surface area contributed by atoms with Crippen LogP contribution in [-0.2, 0) is 19.6 Å². The molecule has 134 valence electrons. The number of rotatable bonds is 6. The molecule has 0 unspecified atom stereocenters. The van der Waals surface area contributed by atoms with E-state index >= 15 is 0 Å². The van der Waals surface area contributed by atoms with Gasteiger partial charge in [-0.05, 0) is 35.7 Å². The van der Waals surface area contributed by atoms with Gasteiger partial charge in [-0.15, -0.1) is 11.3 Å². The van der Waals surface area contributed by atoms with Crippen LogP contribution < -0.4 is 10.1 Å². The van der Waals surface area contributed by atoms with E-state index in [2.05, 4.69) is 34.6 Å². The van der Waals surface area contributed by atoms with E-state index < -0.39 is 0 Å². The molecule has 0 radical (unpaired) electrons. The molecule has 0 amide bonds. The maximum Gasteiger partial charge on any atom is 0.131 e. The summed E-state index contributed by atoms with van der Waals surface area (Å²) in [6.07, 6.45) is 0.355. The molecule has 1 aliphatic carbocycles. The number of aromatic nitrogens is 1. The lowest BCUT2D eigenvalue weighted by Crippen LogP contribution is -2.28. The molecule has 0 saturated heterocycles. The van der Waals surface area contributed by atoms with E-state index in [1.807, 2.05) is 36.6 Å². The Morgan fingerprint density at radius 2 is 2.00 bits per heavy atom. The zero-order valence-electron chi connectivity index (χ0n) is 14.7. The van der Waals surface area contributed by atoms with Gasteiger partial charge in [0.15, 0.2) is 0 Å². The minimum absolute atomic E-state index is 0.00460. The maximum atomic E-state index is 10.3. The molecule has 4 nitrogen and oxygen atoms in total. The molecule has 1 heterocycles. The Bertz CT molecular complexity index is 876. The molecular weight excluding hydrogens is 344 g/mol. The fraction of sp³-hybridized carbons (Fsp3) is 0.286. The molecule has 3 aromatic rings. The average molecular weight is 366 g/mol. The van der Waals surface area contributed by atoms with Gasteiger partial charge >= 0.3 is 0 Å². The fourth-order valence-electron chi connectivity index (χ4n) is 3.38. The van der Waals surface area contributed by atoms with Crippen molar-refractivity contribution in [1.29, 1.82) is 0 Å². The Hall–Kier alpha value is -2.21. The molecule has 26 heavy (non-hydrogen) atoms. The summed E-state index contributed by atoms with van der Waals surface area (Å²) in [5.41, 5.74) is 4.57. The van der Waals surface area contributed by atoms with E-state index in [0.29, 0.717) is 13.2 Å². The molecule has 5 heteroatoms. The van der Waals surface area contributed by atoms with Crippen molar-refractivity contribution in [3.8, 4) is 5.75 Å². The smallest absolute Gasteiger partial charge is 0.131 e. The minimum atomic E-state index is -0.364. The summed E-state index contributed by atoms with van der Waals surface area (Å²) in [5, 5.41) is 16.9. The zero-order valence-corrected chi connectivity index (χ0v) is 15.5. The first-order valence-electron chi connectivity index (χ1n) is 8.81. The quantitative estimate of drug-likeness (QED) is 0.697. The topological polar surface area (TPSA) is 54.4 Å². The molecule has 2 aromatic carbocycles. The number of fused-ring (bicyclic) bond motifs is 1. The van der Waals surface area contributed by atoms with Gasteiger partial charge in [0.1, 0.15) is 12.4 Å². The van der Waals surface area contributed by atoms with Crippen LogP contribution in [0.2, 0.25) is 0 Å². The fourth-order valence-corrected chi connectivity index (χ4v) is 3.98. The molecule has 0 bridgehead atoms. The highest BCUT2D eigenvalue weighted by atomic mass is 32.1. The van der Waals surface area contributed by atoms with Crippen LogP contribution in [0.4, 0.5) is 0 Å². The Morgan fingerprint density at radius 3 is 2.77 bits per heavy atom. The predicted molar refractivity (Wildman–Crippen MR) is 103 cm³/mol. The highest BCUT2D eigenvalue weighted by molar-refractivity contribution is 7.09. The second-order valence-corrected chi connectivity index (χ2v) is 7.68. The Morgan fingerprint density at radius 1 is 1.19 bits per heavy atom. The molecule has 2 atom stereocenters. The number of ether oxygens (including phenoxy) is 1. The molecule has 0 spiro atoms. The van der Waals surface area contributed by atoms with E-state index in [4.69, 9.17) is 4.74 Å². The number of hydrogen-bond acceptors (Lipinski definition) is 5. The number of nitrogens with one attached hydrogen (secondary N) is 1. The molecule has 4 rings (SSSR count).